The van der Waals surface area contributed by atoms with Crippen LogP contribution in [-0.4, -0.2) is 71.7 Å². The minimum atomic E-state index is -1.12. The molecule has 1 amide bonds. The predicted octanol–water partition coefficient (Wildman–Crippen LogP) is 3.83. The predicted molar refractivity (Wildman–Crippen MR) is 148 cm³/mol. The summed E-state index contributed by atoms with van der Waals surface area (Å²) in [4.78, 5) is 25.0. The highest BCUT2D eigenvalue weighted by Gasteiger charge is 2.19. The van der Waals surface area contributed by atoms with Gasteiger partial charge in [0.2, 0.25) is 5.95 Å². The number of aromatic nitrogens is 4. The van der Waals surface area contributed by atoms with E-state index in [2.05, 4.69) is 38.3 Å². The smallest absolute Gasteiger partial charge is 0.283 e. The molecule has 3 aromatic heterocycles. The topological polar surface area (TPSA) is 124 Å². The number of nitriles is 1. The van der Waals surface area contributed by atoms with Gasteiger partial charge in [-0.1, -0.05) is 12.6 Å². The number of fused-ring (bicyclic) bond motifs is 1. The molecule has 11 nitrogen and oxygen atoms in total. The average Bonchev–Trinajstić information content (AvgIpc) is 3.35. The van der Waals surface area contributed by atoms with Gasteiger partial charge in [0.15, 0.2) is 5.83 Å². The molecule has 0 aliphatic rings. The lowest BCUT2D eigenvalue weighted by Gasteiger charge is -2.26. The first-order valence-electron chi connectivity index (χ1n) is 11.9. The zero-order valence-electron chi connectivity index (χ0n) is 22.1. The zero-order valence-corrected chi connectivity index (χ0v) is 22.1. The molecule has 0 aliphatic heterocycles. The second-order valence-electron chi connectivity index (χ2n) is 8.93. The number of hydrogen-bond donors (Lipinski definition) is 2. The number of likely N-dealkylation sites (N-methyl/N-ethyl adjacent to an activating group) is 2. The number of rotatable bonds is 10. The van der Waals surface area contributed by atoms with E-state index in [-0.39, 0.29) is 11.5 Å². The normalized spacial score (nSPS) is 10.8. The number of benzene rings is 1. The van der Waals surface area contributed by atoms with Gasteiger partial charge in [0.25, 0.3) is 5.91 Å². The van der Waals surface area contributed by atoms with E-state index < -0.39 is 11.7 Å². The fraction of sp³-hybridized carbons (Fsp3) is 0.222. The van der Waals surface area contributed by atoms with Crippen LogP contribution in [0.25, 0.3) is 16.8 Å². The highest BCUT2D eigenvalue weighted by Crippen LogP contribution is 2.38. The summed E-state index contributed by atoms with van der Waals surface area (Å²) >= 11 is 0. The van der Waals surface area contributed by atoms with Crippen molar-refractivity contribution < 1.29 is 13.9 Å². The van der Waals surface area contributed by atoms with Crippen LogP contribution in [-0.2, 0) is 4.79 Å². The number of amides is 1. The highest BCUT2D eigenvalue weighted by molar-refractivity contribution is 6.04. The van der Waals surface area contributed by atoms with Gasteiger partial charge in [0, 0.05) is 38.0 Å². The SMILES string of the molecule is C=C(F)C(=O)Nc1cc(Nc2ncc(C#N)c(-c3cnn4ccccc34)n2)c(OC)cc1N(C)CCN(C)C. The molecule has 0 aliphatic carbocycles. The van der Waals surface area contributed by atoms with Gasteiger partial charge in [0.05, 0.1) is 53.3 Å². The van der Waals surface area contributed by atoms with E-state index in [9.17, 15) is 14.4 Å². The number of nitrogens with zero attached hydrogens (tertiary/aromatic N) is 7. The molecule has 0 spiro atoms. The van der Waals surface area contributed by atoms with Gasteiger partial charge in [-0.2, -0.15) is 10.4 Å². The number of methoxy groups -OCH3 is 1. The van der Waals surface area contributed by atoms with E-state index in [4.69, 9.17) is 4.74 Å². The van der Waals surface area contributed by atoms with Crippen LogP contribution in [0.3, 0.4) is 0 Å². The summed E-state index contributed by atoms with van der Waals surface area (Å²) in [5.41, 5.74) is 3.48. The van der Waals surface area contributed by atoms with Crippen molar-refractivity contribution in [2.75, 3.05) is 56.9 Å². The summed E-state index contributed by atoms with van der Waals surface area (Å²) < 4.78 is 20.9. The molecule has 0 unspecified atom stereocenters. The van der Waals surface area contributed by atoms with Crippen LogP contribution in [0.5, 0.6) is 5.75 Å². The number of anilines is 4. The number of pyridine rings is 1. The van der Waals surface area contributed by atoms with Crippen LogP contribution in [0.2, 0.25) is 0 Å². The molecule has 3 heterocycles. The maximum absolute atomic E-state index is 13.6. The molecule has 39 heavy (non-hydrogen) atoms. The van der Waals surface area contributed by atoms with Gasteiger partial charge >= 0.3 is 0 Å². The molecule has 1 aromatic carbocycles. The van der Waals surface area contributed by atoms with Crippen LogP contribution in [0.15, 0.2) is 61.3 Å². The Balaban J connectivity index is 1.76. The summed E-state index contributed by atoms with van der Waals surface area (Å²) in [6, 6.07) is 11.1. The maximum Gasteiger partial charge on any atom is 0.283 e. The summed E-state index contributed by atoms with van der Waals surface area (Å²) in [6.07, 6.45) is 4.86. The number of carbonyl (C=O) groups excluding carboxylic acids is 1. The van der Waals surface area contributed by atoms with Crippen molar-refractivity contribution in [3.8, 4) is 23.1 Å². The molecule has 4 rings (SSSR count). The summed E-state index contributed by atoms with van der Waals surface area (Å²) in [5.74, 6) is -1.46. The van der Waals surface area contributed by atoms with Gasteiger partial charge in [-0.15, -0.1) is 0 Å². The minimum Gasteiger partial charge on any atom is -0.494 e. The number of carbonyl (C=O) groups is 1. The molecular formula is C27H28FN9O2. The van der Waals surface area contributed by atoms with Gasteiger partial charge in [-0.25, -0.2) is 18.9 Å². The number of halogens is 1. The Morgan fingerprint density at radius 3 is 2.69 bits per heavy atom. The molecule has 0 radical (unpaired) electrons. The van der Waals surface area contributed by atoms with Crippen molar-refractivity contribution in [2.24, 2.45) is 0 Å². The Bertz CT molecular complexity index is 1580. The minimum absolute atomic E-state index is 0.179. The first kappa shape index (κ1) is 27.0. The Hall–Kier alpha value is -5.02. The van der Waals surface area contributed by atoms with Crippen molar-refractivity contribution >= 4 is 34.4 Å². The first-order chi connectivity index (χ1) is 18.7. The van der Waals surface area contributed by atoms with Crippen LogP contribution in [0, 0.1) is 11.3 Å². The van der Waals surface area contributed by atoms with Crippen molar-refractivity contribution in [1.29, 1.82) is 5.26 Å². The molecule has 2 N–H and O–H groups in total. The van der Waals surface area contributed by atoms with E-state index in [1.807, 2.05) is 49.1 Å². The van der Waals surface area contributed by atoms with Gasteiger partial charge in [0.1, 0.15) is 11.8 Å². The van der Waals surface area contributed by atoms with Crippen LogP contribution in [0.4, 0.5) is 27.4 Å². The third-order valence-corrected chi connectivity index (χ3v) is 5.94. The molecule has 12 heteroatoms. The van der Waals surface area contributed by atoms with Crippen LogP contribution >= 0.6 is 0 Å². The molecule has 4 aromatic rings. The van der Waals surface area contributed by atoms with Crippen LogP contribution < -0.4 is 20.3 Å². The Labute approximate surface area is 225 Å². The zero-order chi connectivity index (χ0) is 28.1. The lowest BCUT2D eigenvalue weighted by atomic mass is 10.1. The number of ether oxygens (including phenoxy) is 1. The van der Waals surface area contributed by atoms with Gasteiger partial charge in [-0.3, -0.25) is 4.79 Å². The largest absolute Gasteiger partial charge is 0.494 e. The maximum atomic E-state index is 13.6. The summed E-state index contributed by atoms with van der Waals surface area (Å²) in [6.45, 7) is 4.46. The summed E-state index contributed by atoms with van der Waals surface area (Å²) in [7, 11) is 7.28. The van der Waals surface area contributed by atoms with E-state index >= 15 is 0 Å². The first-order valence-corrected chi connectivity index (χ1v) is 11.9. The second kappa shape index (κ2) is 11.6. The van der Waals surface area contributed by atoms with Crippen molar-refractivity contribution in [3.63, 3.8) is 0 Å². The lowest BCUT2D eigenvalue weighted by molar-refractivity contribution is -0.114. The fourth-order valence-corrected chi connectivity index (χ4v) is 3.88. The number of nitrogens with one attached hydrogen (secondary N) is 2. The standard InChI is InChI=1S/C27H28FN9O2/c1-17(28)26(38)32-20-12-21(24(39-5)13-23(20)36(4)11-10-35(2)3)33-27-30-15-18(14-29)25(34-27)19-16-31-37-9-7-6-8-22(19)37/h6-9,12-13,15-16H,1,10-11H2,2-5H3,(H,32,38)(H,30,33,34). The molecule has 0 bridgehead atoms. The molecule has 0 atom stereocenters. The fourth-order valence-electron chi connectivity index (χ4n) is 3.88. The van der Waals surface area contributed by atoms with E-state index in [0.29, 0.717) is 40.6 Å². The van der Waals surface area contributed by atoms with Crippen LogP contribution in [0.1, 0.15) is 5.56 Å². The second-order valence-corrected chi connectivity index (χ2v) is 8.93. The Morgan fingerprint density at radius 2 is 2.00 bits per heavy atom. The lowest BCUT2D eigenvalue weighted by Crippen LogP contribution is -2.29. The van der Waals surface area contributed by atoms with Crippen molar-refractivity contribution in [3.05, 3.63) is 66.9 Å². The van der Waals surface area contributed by atoms with Gasteiger partial charge < -0.3 is 25.2 Å². The third kappa shape index (κ3) is 5.94. The molecular weight excluding hydrogens is 501 g/mol. The Kier molecular flexibility index (Phi) is 8.02. The molecule has 0 saturated heterocycles. The molecule has 0 saturated carbocycles. The molecule has 200 valence electrons. The van der Waals surface area contributed by atoms with E-state index in [0.717, 1.165) is 12.1 Å². The van der Waals surface area contributed by atoms with Crippen molar-refractivity contribution in [1.82, 2.24) is 24.5 Å². The Morgan fingerprint density at radius 1 is 1.21 bits per heavy atom. The summed E-state index contributed by atoms with van der Waals surface area (Å²) in [5, 5.41) is 19.7. The van der Waals surface area contributed by atoms with E-state index in [1.165, 1.54) is 13.3 Å². The third-order valence-electron chi connectivity index (χ3n) is 5.94. The quantitative estimate of drug-likeness (QED) is 0.295. The average molecular weight is 530 g/mol. The van der Waals surface area contributed by atoms with E-state index in [1.54, 1.807) is 29.0 Å². The number of hydrogen-bond acceptors (Lipinski definition) is 9. The highest BCUT2D eigenvalue weighted by atomic mass is 19.1. The monoisotopic (exact) mass is 529 g/mol. The van der Waals surface area contributed by atoms with Gasteiger partial charge in [-0.05, 0) is 32.3 Å². The molecule has 0 fully saturated rings. The van der Waals surface area contributed by atoms with Crippen molar-refractivity contribution in [2.45, 2.75) is 0 Å².